The first-order chi connectivity index (χ1) is 12.1. The van der Waals surface area contributed by atoms with Crippen molar-refractivity contribution in [3.63, 3.8) is 0 Å². The third-order valence-electron chi connectivity index (χ3n) is 4.42. The van der Waals surface area contributed by atoms with Crippen molar-refractivity contribution >= 4 is 22.4 Å². The summed E-state index contributed by atoms with van der Waals surface area (Å²) < 4.78 is 12.5. The average Bonchev–Trinajstić information content (AvgIpc) is 2.63. The summed E-state index contributed by atoms with van der Waals surface area (Å²) in [5.41, 5.74) is 1.53. The van der Waals surface area contributed by atoms with Crippen LogP contribution in [0.4, 0.5) is 5.69 Å². The molecular weight excluding hydrogens is 336 g/mol. The molecule has 6 heteroatoms. The van der Waals surface area contributed by atoms with Crippen molar-refractivity contribution in [3.05, 3.63) is 53.9 Å². The van der Waals surface area contributed by atoms with Crippen molar-refractivity contribution in [2.45, 2.75) is 43.1 Å². The Bertz CT molecular complexity index is 773. The first-order valence-electron chi connectivity index (χ1n) is 8.55. The topological polar surface area (TPSA) is 79.3 Å². The Morgan fingerprint density at radius 3 is 2.76 bits per heavy atom. The van der Waals surface area contributed by atoms with Crippen LogP contribution in [0.3, 0.4) is 0 Å². The number of hydrogen-bond acceptors (Lipinski definition) is 4. The lowest BCUT2D eigenvalue weighted by Crippen LogP contribution is -2.20. The molecule has 3 rings (SSSR count). The van der Waals surface area contributed by atoms with E-state index in [2.05, 4.69) is 10.3 Å². The molecule has 1 heterocycles. The van der Waals surface area contributed by atoms with Gasteiger partial charge in [-0.1, -0.05) is 31.4 Å². The van der Waals surface area contributed by atoms with Crippen LogP contribution >= 0.6 is 0 Å². The van der Waals surface area contributed by atoms with Gasteiger partial charge in [-0.25, -0.2) is 4.98 Å². The number of carbonyl (C=O) groups is 1. The van der Waals surface area contributed by atoms with E-state index in [1.807, 2.05) is 18.2 Å². The van der Waals surface area contributed by atoms with Crippen LogP contribution in [0.15, 0.2) is 42.6 Å². The van der Waals surface area contributed by atoms with Gasteiger partial charge in [-0.05, 0) is 42.7 Å². The second kappa shape index (κ2) is 8.25. The van der Waals surface area contributed by atoms with Gasteiger partial charge in [-0.2, -0.15) is 0 Å². The molecule has 0 radical (unpaired) electrons. The Labute approximate surface area is 150 Å². The number of nitrogens with one attached hydrogen (secondary N) is 1. The van der Waals surface area contributed by atoms with E-state index in [1.165, 1.54) is 31.5 Å². The van der Waals surface area contributed by atoms with E-state index < -0.39 is 16.7 Å². The standard InChI is InChI=1S/C19H22N2O3S/c22-17-10-5-11-20-18(17)19(23)21-15-7-4-6-14(12-15)13-25(24)16-8-2-1-3-9-16/h4-7,10-12,16,22H,1-3,8-9,13H2,(H,21,23)/t25-/m0/s1. The van der Waals surface area contributed by atoms with E-state index in [-0.39, 0.29) is 16.7 Å². The summed E-state index contributed by atoms with van der Waals surface area (Å²) in [5, 5.41) is 12.7. The highest BCUT2D eigenvalue weighted by molar-refractivity contribution is 7.84. The molecule has 2 aromatic rings. The normalized spacial score (nSPS) is 16.3. The molecule has 1 atom stereocenters. The molecule has 1 amide bonds. The second-order valence-electron chi connectivity index (χ2n) is 6.31. The molecule has 2 N–H and O–H groups in total. The van der Waals surface area contributed by atoms with Gasteiger partial charge in [0, 0.05) is 33.7 Å². The van der Waals surface area contributed by atoms with Gasteiger partial charge in [0.2, 0.25) is 0 Å². The van der Waals surface area contributed by atoms with Gasteiger partial charge in [0.15, 0.2) is 5.69 Å². The Balaban J connectivity index is 1.66. The number of anilines is 1. The van der Waals surface area contributed by atoms with Gasteiger partial charge < -0.3 is 10.4 Å². The first-order valence-corrected chi connectivity index (χ1v) is 9.93. The van der Waals surface area contributed by atoms with Crippen LogP contribution in [0.1, 0.15) is 48.2 Å². The highest BCUT2D eigenvalue weighted by atomic mass is 32.2. The summed E-state index contributed by atoms with van der Waals surface area (Å²) in [7, 11) is -0.883. The van der Waals surface area contributed by atoms with E-state index in [0.717, 1.165) is 18.4 Å². The summed E-state index contributed by atoms with van der Waals surface area (Å²) in [5.74, 6) is -0.123. The summed E-state index contributed by atoms with van der Waals surface area (Å²) in [6.45, 7) is 0. The maximum atomic E-state index is 12.5. The van der Waals surface area contributed by atoms with Crippen molar-refractivity contribution in [2.24, 2.45) is 0 Å². The van der Waals surface area contributed by atoms with Crippen LogP contribution in [0.25, 0.3) is 0 Å². The third-order valence-corrected chi connectivity index (χ3v) is 6.25. The van der Waals surface area contributed by atoms with Gasteiger partial charge in [-0.15, -0.1) is 0 Å². The largest absolute Gasteiger partial charge is 0.505 e. The van der Waals surface area contributed by atoms with E-state index in [4.69, 9.17) is 0 Å². The predicted molar refractivity (Wildman–Crippen MR) is 99.0 cm³/mol. The number of nitrogens with zero attached hydrogens (tertiary/aromatic N) is 1. The van der Waals surface area contributed by atoms with Crippen molar-refractivity contribution in [3.8, 4) is 5.75 Å². The van der Waals surface area contributed by atoms with E-state index in [1.54, 1.807) is 12.1 Å². The number of carbonyl (C=O) groups excluding carboxylic acids is 1. The minimum atomic E-state index is -0.883. The fourth-order valence-corrected chi connectivity index (χ4v) is 4.71. The average molecular weight is 358 g/mol. The molecule has 25 heavy (non-hydrogen) atoms. The molecule has 0 saturated heterocycles. The number of amides is 1. The quantitative estimate of drug-likeness (QED) is 0.855. The Kier molecular flexibility index (Phi) is 5.81. The zero-order chi connectivity index (χ0) is 17.6. The van der Waals surface area contributed by atoms with E-state index in [9.17, 15) is 14.1 Å². The van der Waals surface area contributed by atoms with Gasteiger partial charge >= 0.3 is 0 Å². The highest BCUT2D eigenvalue weighted by Crippen LogP contribution is 2.24. The summed E-state index contributed by atoms with van der Waals surface area (Å²) in [4.78, 5) is 16.1. The van der Waals surface area contributed by atoms with Crippen LogP contribution in [0, 0.1) is 0 Å². The monoisotopic (exact) mass is 358 g/mol. The molecule has 0 spiro atoms. The summed E-state index contributed by atoms with van der Waals surface area (Å²) >= 11 is 0. The molecule has 1 aromatic heterocycles. The molecule has 1 aliphatic rings. The predicted octanol–water partition coefficient (Wildman–Crippen LogP) is 3.62. The number of aromatic hydroxyl groups is 1. The van der Waals surface area contributed by atoms with Crippen LogP contribution in [-0.4, -0.2) is 25.5 Å². The van der Waals surface area contributed by atoms with Gasteiger partial charge in [0.1, 0.15) is 5.75 Å². The molecule has 0 bridgehead atoms. The number of hydrogen-bond donors (Lipinski definition) is 2. The Hall–Kier alpha value is -2.21. The smallest absolute Gasteiger partial charge is 0.278 e. The lowest BCUT2D eigenvalue weighted by Gasteiger charge is -2.21. The van der Waals surface area contributed by atoms with Crippen molar-refractivity contribution < 1.29 is 14.1 Å². The molecule has 1 aliphatic carbocycles. The Morgan fingerprint density at radius 1 is 1.20 bits per heavy atom. The molecule has 1 saturated carbocycles. The van der Waals surface area contributed by atoms with Crippen molar-refractivity contribution in [2.75, 3.05) is 5.32 Å². The van der Waals surface area contributed by atoms with Gasteiger partial charge in [-0.3, -0.25) is 9.00 Å². The fraction of sp³-hybridized carbons (Fsp3) is 0.368. The molecule has 0 aliphatic heterocycles. The SMILES string of the molecule is O=C(Nc1cccc(C[S@](=O)C2CCCCC2)c1)c1ncccc1O. The molecule has 132 valence electrons. The summed E-state index contributed by atoms with van der Waals surface area (Å²) in [6, 6.07) is 10.3. The maximum absolute atomic E-state index is 12.5. The lowest BCUT2D eigenvalue weighted by atomic mass is 10.0. The van der Waals surface area contributed by atoms with Crippen molar-refractivity contribution in [1.82, 2.24) is 4.98 Å². The van der Waals surface area contributed by atoms with Crippen LogP contribution in [0.5, 0.6) is 5.75 Å². The van der Waals surface area contributed by atoms with Crippen LogP contribution in [0.2, 0.25) is 0 Å². The zero-order valence-electron chi connectivity index (χ0n) is 14.0. The summed E-state index contributed by atoms with van der Waals surface area (Å²) in [6.07, 6.45) is 7.12. The Morgan fingerprint density at radius 2 is 2.00 bits per heavy atom. The van der Waals surface area contributed by atoms with Crippen LogP contribution < -0.4 is 5.32 Å². The number of rotatable bonds is 5. The van der Waals surface area contributed by atoms with Gasteiger partial charge in [0.25, 0.3) is 5.91 Å². The number of aromatic nitrogens is 1. The molecule has 1 aromatic carbocycles. The first kappa shape index (κ1) is 17.6. The van der Waals surface area contributed by atoms with Gasteiger partial charge in [0.05, 0.1) is 0 Å². The minimum Gasteiger partial charge on any atom is -0.505 e. The molecule has 5 nitrogen and oxygen atoms in total. The van der Waals surface area contributed by atoms with Crippen molar-refractivity contribution in [1.29, 1.82) is 0 Å². The molecular formula is C19H22N2O3S. The minimum absolute atomic E-state index is 0.0151. The lowest BCUT2D eigenvalue weighted by molar-refractivity contribution is 0.101. The maximum Gasteiger partial charge on any atom is 0.278 e. The molecule has 0 unspecified atom stereocenters. The number of pyridine rings is 1. The number of benzene rings is 1. The zero-order valence-corrected chi connectivity index (χ0v) is 14.8. The van der Waals surface area contributed by atoms with Crippen LogP contribution in [-0.2, 0) is 16.6 Å². The van der Waals surface area contributed by atoms with E-state index in [0.29, 0.717) is 11.4 Å². The second-order valence-corrected chi connectivity index (χ2v) is 8.03. The third kappa shape index (κ3) is 4.66. The molecule has 1 fully saturated rings. The van der Waals surface area contributed by atoms with E-state index >= 15 is 0 Å². The fourth-order valence-electron chi connectivity index (χ4n) is 3.11. The highest BCUT2D eigenvalue weighted by Gasteiger charge is 2.20.